The number of benzene rings is 2. The van der Waals surface area contributed by atoms with Gasteiger partial charge in [0.1, 0.15) is 5.82 Å². The van der Waals surface area contributed by atoms with Crippen LogP contribution in [0.5, 0.6) is 0 Å². The van der Waals surface area contributed by atoms with Crippen LogP contribution in [0.3, 0.4) is 0 Å². The van der Waals surface area contributed by atoms with Crippen molar-refractivity contribution < 1.29 is 9.18 Å². The Bertz CT molecular complexity index is 1030. The third kappa shape index (κ3) is 6.26. The number of nitrogens with one attached hydrogen (secondary N) is 1. The predicted molar refractivity (Wildman–Crippen MR) is 129 cm³/mol. The lowest BCUT2D eigenvalue weighted by Crippen LogP contribution is -2.42. The van der Waals surface area contributed by atoms with Crippen LogP contribution in [0.1, 0.15) is 47.7 Å². The highest BCUT2D eigenvalue weighted by molar-refractivity contribution is 5.79. The third-order valence-corrected chi connectivity index (χ3v) is 6.55. The van der Waals surface area contributed by atoms with Gasteiger partial charge in [-0.15, -0.1) is 0 Å². The third-order valence-electron chi connectivity index (χ3n) is 6.55. The number of piperidine rings is 1. The fourth-order valence-electron chi connectivity index (χ4n) is 4.60. The highest BCUT2D eigenvalue weighted by atomic mass is 19.1. The van der Waals surface area contributed by atoms with Gasteiger partial charge in [0.25, 0.3) is 0 Å². The first-order chi connectivity index (χ1) is 16.1. The number of carbonyl (C=O) groups is 1. The number of likely N-dealkylation sites (tertiary alicyclic amines) is 1. The van der Waals surface area contributed by atoms with E-state index in [2.05, 4.69) is 45.5 Å². The van der Waals surface area contributed by atoms with Gasteiger partial charge < -0.3 is 10.2 Å². The molecule has 33 heavy (non-hydrogen) atoms. The van der Waals surface area contributed by atoms with E-state index in [4.69, 9.17) is 0 Å². The molecule has 3 aromatic rings. The van der Waals surface area contributed by atoms with Gasteiger partial charge in [0.2, 0.25) is 5.91 Å². The van der Waals surface area contributed by atoms with Crippen molar-refractivity contribution in [2.24, 2.45) is 5.92 Å². The van der Waals surface area contributed by atoms with Crippen LogP contribution in [0.15, 0.2) is 72.9 Å². The zero-order valence-electron chi connectivity index (χ0n) is 19.2. The molecule has 1 aliphatic heterocycles. The van der Waals surface area contributed by atoms with E-state index < -0.39 is 0 Å². The molecule has 1 aromatic heterocycles. The first-order valence-electron chi connectivity index (χ1n) is 11.8. The fourth-order valence-corrected chi connectivity index (χ4v) is 4.60. The molecule has 1 atom stereocenters. The maximum absolute atomic E-state index is 13.5. The average Bonchev–Trinajstić information content (AvgIpc) is 2.85. The number of rotatable bonds is 8. The van der Waals surface area contributed by atoms with E-state index in [1.54, 1.807) is 18.3 Å². The summed E-state index contributed by atoms with van der Waals surface area (Å²) in [4.78, 5) is 20.2. The summed E-state index contributed by atoms with van der Waals surface area (Å²) in [5, 5.41) is 3.22. The van der Waals surface area contributed by atoms with E-state index in [-0.39, 0.29) is 23.7 Å². The lowest BCUT2D eigenvalue weighted by atomic mass is 9.93. The van der Waals surface area contributed by atoms with E-state index >= 15 is 0 Å². The first-order valence-corrected chi connectivity index (χ1v) is 11.8. The van der Waals surface area contributed by atoms with Crippen LogP contribution in [-0.4, -0.2) is 35.4 Å². The maximum Gasteiger partial charge on any atom is 0.224 e. The Kier molecular flexibility index (Phi) is 7.84. The number of hydrogen-bond donors (Lipinski definition) is 1. The van der Waals surface area contributed by atoms with Crippen LogP contribution in [0, 0.1) is 18.7 Å². The van der Waals surface area contributed by atoms with Crippen LogP contribution in [0.4, 0.5) is 4.39 Å². The van der Waals surface area contributed by atoms with E-state index in [9.17, 15) is 9.18 Å². The Labute approximate surface area is 195 Å². The first kappa shape index (κ1) is 23.1. The van der Waals surface area contributed by atoms with Crippen LogP contribution >= 0.6 is 0 Å². The number of hydrogen-bond acceptors (Lipinski definition) is 3. The van der Waals surface area contributed by atoms with E-state index in [0.29, 0.717) is 0 Å². The summed E-state index contributed by atoms with van der Waals surface area (Å²) >= 11 is 0. The molecule has 1 unspecified atom stereocenters. The lowest BCUT2D eigenvalue weighted by molar-refractivity contribution is -0.127. The summed E-state index contributed by atoms with van der Waals surface area (Å²) < 4.78 is 13.5. The summed E-state index contributed by atoms with van der Waals surface area (Å²) in [5.41, 5.74) is 4.02. The van der Waals surface area contributed by atoms with E-state index in [0.717, 1.165) is 62.1 Å². The van der Waals surface area contributed by atoms with Crippen LogP contribution in [-0.2, 0) is 11.2 Å². The minimum atomic E-state index is -0.386. The minimum absolute atomic E-state index is 0.0117. The van der Waals surface area contributed by atoms with Gasteiger partial charge in [0.05, 0.1) is 11.7 Å². The number of amides is 1. The highest BCUT2D eigenvalue weighted by Gasteiger charge is 2.28. The monoisotopic (exact) mass is 445 g/mol. The van der Waals surface area contributed by atoms with Crippen molar-refractivity contribution in [3.63, 3.8) is 0 Å². The van der Waals surface area contributed by atoms with Gasteiger partial charge in [0, 0.05) is 12.1 Å². The molecule has 1 fully saturated rings. The molecule has 1 aliphatic rings. The molecule has 172 valence electrons. The predicted octanol–water partition coefficient (Wildman–Crippen LogP) is 5.08. The van der Waals surface area contributed by atoms with E-state index in [1.807, 2.05) is 19.1 Å². The molecular weight excluding hydrogens is 413 g/mol. The Morgan fingerprint density at radius 3 is 2.48 bits per heavy atom. The molecule has 0 spiro atoms. The summed E-state index contributed by atoms with van der Waals surface area (Å²) in [7, 11) is 0. The molecule has 0 radical (unpaired) electrons. The Hall–Kier alpha value is -3.05. The molecule has 2 heterocycles. The highest BCUT2D eigenvalue weighted by Crippen LogP contribution is 2.26. The fraction of sp³-hybridized carbons (Fsp3) is 0.357. The molecule has 2 aromatic carbocycles. The van der Waals surface area contributed by atoms with E-state index in [1.165, 1.54) is 17.7 Å². The van der Waals surface area contributed by atoms with Crippen molar-refractivity contribution in [3.8, 4) is 0 Å². The number of pyridine rings is 1. The van der Waals surface area contributed by atoms with Gasteiger partial charge in [0.15, 0.2) is 0 Å². The van der Waals surface area contributed by atoms with Crippen molar-refractivity contribution in [3.05, 3.63) is 101 Å². The summed E-state index contributed by atoms with van der Waals surface area (Å²) in [6.07, 6.45) is 5.67. The standard InChI is InChI=1S/C28H32FN3O/c1-21-7-5-17-30-26(21)27(23-11-13-25(29)14-12-23)31-28(33)24-15-19-32(20-16-24)18-6-10-22-8-3-2-4-9-22/h2-5,7-9,11-14,17,24,27H,6,10,15-16,18-20H2,1H3,(H,31,33). The number of halogens is 1. The largest absolute Gasteiger partial charge is 0.343 e. The molecule has 0 aliphatic carbocycles. The smallest absolute Gasteiger partial charge is 0.224 e. The lowest BCUT2D eigenvalue weighted by Gasteiger charge is -2.32. The average molecular weight is 446 g/mol. The molecule has 0 bridgehead atoms. The van der Waals surface area contributed by atoms with Crippen LogP contribution < -0.4 is 5.32 Å². The molecule has 5 heteroatoms. The van der Waals surface area contributed by atoms with Crippen molar-refractivity contribution in [2.75, 3.05) is 19.6 Å². The molecule has 1 saturated heterocycles. The van der Waals surface area contributed by atoms with Gasteiger partial charge in [-0.2, -0.15) is 0 Å². The second-order valence-electron chi connectivity index (χ2n) is 8.90. The molecule has 1 amide bonds. The van der Waals surface area contributed by atoms with Gasteiger partial charge >= 0.3 is 0 Å². The summed E-state index contributed by atoms with van der Waals surface area (Å²) in [6, 6.07) is 20.4. The molecule has 0 saturated carbocycles. The second kappa shape index (κ2) is 11.2. The van der Waals surface area contributed by atoms with Crippen molar-refractivity contribution in [1.82, 2.24) is 15.2 Å². The zero-order chi connectivity index (χ0) is 23.0. The normalized spacial score (nSPS) is 15.8. The number of aryl methyl sites for hydroxylation is 2. The van der Waals surface area contributed by atoms with Crippen molar-refractivity contribution in [2.45, 2.75) is 38.6 Å². The molecule has 1 N–H and O–H groups in total. The Balaban J connectivity index is 1.34. The molecule has 4 nitrogen and oxygen atoms in total. The van der Waals surface area contributed by atoms with Gasteiger partial charge in [-0.25, -0.2) is 4.39 Å². The number of nitrogens with zero attached hydrogens (tertiary/aromatic N) is 2. The van der Waals surface area contributed by atoms with Crippen molar-refractivity contribution >= 4 is 5.91 Å². The topological polar surface area (TPSA) is 45.2 Å². The quantitative estimate of drug-likeness (QED) is 0.526. The van der Waals surface area contributed by atoms with Crippen LogP contribution in [0.25, 0.3) is 0 Å². The number of carbonyl (C=O) groups excluding carboxylic acids is 1. The summed E-state index contributed by atoms with van der Waals surface area (Å²) in [6.45, 7) is 4.93. The minimum Gasteiger partial charge on any atom is -0.343 e. The number of aromatic nitrogens is 1. The molecule has 4 rings (SSSR count). The molecular formula is C28H32FN3O. The Morgan fingerprint density at radius 1 is 1.06 bits per heavy atom. The summed E-state index contributed by atoms with van der Waals surface area (Å²) in [5.74, 6) is -0.248. The maximum atomic E-state index is 13.5. The SMILES string of the molecule is Cc1cccnc1C(NC(=O)C1CCN(CCCc2ccccc2)CC1)c1ccc(F)cc1. The van der Waals surface area contributed by atoms with Gasteiger partial charge in [-0.3, -0.25) is 9.78 Å². The van der Waals surface area contributed by atoms with Gasteiger partial charge in [-0.05, 0) is 87.1 Å². The Morgan fingerprint density at radius 2 is 1.79 bits per heavy atom. The second-order valence-corrected chi connectivity index (χ2v) is 8.90. The van der Waals surface area contributed by atoms with Crippen LogP contribution in [0.2, 0.25) is 0 Å². The van der Waals surface area contributed by atoms with Crippen molar-refractivity contribution in [1.29, 1.82) is 0 Å². The zero-order valence-corrected chi connectivity index (χ0v) is 19.2. The van der Waals surface area contributed by atoms with Gasteiger partial charge in [-0.1, -0.05) is 48.5 Å².